The highest BCUT2D eigenvalue weighted by atomic mass is 16.6. The molecule has 0 saturated heterocycles. The molecule has 2 aromatic rings. The third-order valence-corrected chi connectivity index (χ3v) is 4.83. The minimum Gasteiger partial charge on any atom is -0.490 e. The molecule has 0 aliphatic heterocycles. The first-order valence-electron chi connectivity index (χ1n) is 10.9. The first-order chi connectivity index (χ1) is 14.2. The lowest BCUT2D eigenvalue weighted by molar-refractivity contribution is 0.203. The third kappa shape index (κ3) is 7.15. The Hall–Kier alpha value is -2.43. The lowest BCUT2D eigenvalue weighted by atomic mass is 10.1. The number of hydrogen-bond donors (Lipinski definition) is 1. The number of hydrogen-bond acceptors (Lipinski definition) is 4. The Balaban J connectivity index is 2.28. The van der Waals surface area contributed by atoms with Crippen LogP contribution in [0.5, 0.6) is 17.2 Å². The predicted octanol–water partition coefficient (Wildman–Crippen LogP) is 6.48. The Bertz CT molecular complexity index is 760. The summed E-state index contributed by atoms with van der Waals surface area (Å²) in [6.45, 7) is 5.65. The van der Waals surface area contributed by atoms with Gasteiger partial charge in [-0.2, -0.15) is 0 Å². The number of benzene rings is 2. The van der Waals surface area contributed by atoms with E-state index in [2.05, 4.69) is 19.2 Å². The summed E-state index contributed by atoms with van der Waals surface area (Å²) < 4.78 is 17.8. The maximum absolute atomic E-state index is 11.8. The van der Waals surface area contributed by atoms with Crippen molar-refractivity contribution in [1.82, 2.24) is 5.32 Å². The Morgan fingerprint density at radius 3 is 2.07 bits per heavy atom. The van der Waals surface area contributed by atoms with Crippen LogP contribution in [0.2, 0.25) is 0 Å². The number of amides is 1. The van der Waals surface area contributed by atoms with Gasteiger partial charge in [0.2, 0.25) is 0 Å². The molecule has 0 aliphatic rings. The molecule has 0 bridgehead atoms. The van der Waals surface area contributed by atoms with Crippen LogP contribution in [0.1, 0.15) is 65.2 Å². The molecule has 5 nitrogen and oxygen atoms in total. The molecule has 0 spiro atoms. The van der Waals surface area contributed by atoms with E-state index in [9.17, 15) is 4.79 Å². The molecule has 2 aromatic carbocycles. The van der Waals surface area contributed by atoms with Crippen molar-refractivity contribution in [3.05, 3.63) is 30.3 Å². The van der Waals surface area contributed by atoms with Crippen LogP contribution in [0.4, 0.5) is 4.79 Å². The Kier molecular flexibility index (Phi) is 10.2. The van der Waals surface area contributed by atoms with Crippen molar-refractivity contribution >= 4 is 16.9 Å². The van der Waals surface area contributed by atoms with Gasteiger partial charge in [0.25, 0.3) is 0 Å². The Morgan fingerprint density at radius 2 is 1.45 bits per heavy atom. The van der Waals surface area contributed by atoms with E-state index in [-0.39, 0.29) is 0 Å². The highest BCUT2D eigenvalue weighted by molar-refractivity contribution is 5.96. The van der Waals surface area contributed by atoms with Gasteiger partial charge in [0.1, 0.15) is 5.75 Å². The van der Waals surface area contributed by atoms with Crippen LogP contribution in [0.25, 0.3) is 10.8 Å². The predicted molar refractivity (Wildman–Crippen MR) is 118 cm³/mol. The van der Waals surface area contributed by atoms with Gasteiger partial charge in [0.05, 0.1) is 13.2 Å². The summed E-state index contributed by atoms with van der Waals surface area (Å²) in [7, 11) is 1.55. The number of fused-ring (bicyclic) bond motifs is 1. The number of carbonyl (C=O) groups excluding carboxylic acids is 1. The van der Waals surface area contributed by atoms with Gasteiger partial charge in [0, 0.05) is 23.9 Å². The summed E-state index contributed by atoms with van der Waals surface area (Å²) in [5.74, 6) is 1.84. The second-order valence-electron chi connectivity index (χ2n) is 7.21. The van der Waals surface area contributed by atoms with Gasteiger partial charge < -0.3 is 19.5 Å². The van der Waals surface area contributed by atoms with Crippen molar-refractivity contribution in [3.63, 3.8) is 0 Å². The van der Waals surface area contributed by atoms with Crippen LogP contribution < -0.4 is 19.5 Å². The second-order valence-corrected chi connectivity index (χ2v) is 7.21. The molecule has 0 aromatic heterocycles. The van der Waals surface area contributed by atoms with Crippen LogP contribution in [0, 0.1) is 0 Å². The number of unbranched alkanes of at least 4 members (excludes halogenated alkanes) is 6. The number of rotatable bonds is 13. The first kappa shape index (κ1) is 22.9. The van der Waals surface area contributed by atoms with E-state index in [0.29, 0.717) is 24.7 Å². The molecule has 0 saturated carbocycles. The molecule has 5 heteroatoms. The molecule has 0 heterocycles. The smallest absolute Gasteiger partial charge is 0.412 e. The van der Waals surface area contributed by atoms with Gasteiger partial charge >= 0.3 is 6.09 Å². The molecule has 29 heavy (non-hydrogen) atoms. The summed E-state index contributed by atoms with van der Waals surface area (Å²) in [5, 5.41) is 4.23. The van der Waals surface area contributed by atoms with Crippen molar-refractivity contribution in [2.45, 2.75) is 65.2 Å². The zero-order valence-corrected chi connectivity index (χ0v) is 18.1. The molecular weight excluding hydrogens is 366 g/mol. The lowest BCUT2D eigenvalue weighted by Gasteiger charge is -2.18. The molecule has 0 unspecified atom stereocenters. The molecule has 0 atom stereocenters. The number of ether oxygens (including phenoxy) is 3. The van der Waals surface area contributed by atoms with E-state index in [1.807, 2.05) is 24.3 Å². The Morgan fingerprint density at radius 1 is 0.828 bits per heavy atom. The molecular formula is C24H35NO4. The molecule has 1 N–H and O–H groups in total. The molecule has 0 aliphatic carbocycles. The van der Waals surface area contributed by atoms with Gasteiger partial charge in [-0.05, 0) is 12.8 Å². The van der Waals surface area contributed by atoms with Crippen LogP contribution in [-0.4, -0.2) is 26.4 Å². The SMILES string of the molecule is CCCCCCOc1cc(OC(=O)NC)c2ccccc2c1OCCCCCC. The largest absolute Gasteiger partial charge is 0.490 e. The van der Waals surface area contributed by atoms with E-state index in [1.54, 1.807) is 13.1 Å². The van der Waals surface area contributed by atoms with Crippen molar-refractivity contribution in [2.24, 2.45) is 0 Å². The minimum atomic E-state index is -0.503. The quantitative estimate of drug-likeness (QED) is 0.390. The summed E-state index contributed by atoms with van der Waals surface area (Å²) in [6, 6.07) is 9.58. The second kappa shape index (κ2) is 12.9. The molecule has 1 amide bonds. The molecule has 160 valence electrons. The maximum Gasteiger partial charge on any atom is 0.412 e. The van der Waals surface area contributed by atoms with Crippen molar-refractivity contribution < 1.29 is 19.0 Å². The summed E-state index contributed by atoms with van der Waals surface area (Å²) in [6.07, 6.45) is 8.58. The maximum atomic E-state index is 11.8. The standard InChI is InChI=1S/C24H35NO4/c1-4-6-8-12-16-27-22-18-21(29-24(26)25-3)19-14-10-11-15-20(19)23(22)28-17-13-9-7-5-2/h10-11,14-15,18H,4-9,12-13,16-17H2,1-3H3,(H,25,26). The molecule has 0 fully saturated rings. The van der Waals surface area contributed by atoms with Crippen molar-refractivity contribution in [3.8, 4) is 17.2 Å². The highest BCUT2D eigenvalue weighted by Crippen LogP contribution is 2.42. The van der Waals surface area contributed by atoms with E-state index >= 15 is 0 Å². The molecule has 2 rings (SSSR count). The Labute approximate surface area is 174 Å². The summed E-state index contributed by atoms with van der Waals surface area (Å²) in [4.78, 5) is 11.8. The highest BCUT2D eigenvalue weighted by Gasteiger charge is 2.17. The molecule has 0 radical (unpaired) electrons. The van der Waals surface area contributed by atoms with Crippen molar-refractivity contribution in [2.75, 3.05) is 20.3 Å². The summed E-state index contributed by atoms with van der Waals surface area (Å²) >= 11 is 0. The van der Waals surface area contributed by atoms with Crippen molar-refractivity contribution in [1.29, 1.82) is 0 Å². The zero-order chi connectivity index (χ0) is 20.9. The fourth-order valence-electron chi connectivity index (χ4n) is 3.20. The van der Waals surface area contributed by atoms with E-state index in [0.717, 1.165) is 42.2 Å². The van der Waals surface area contributed by atoms with E-state index in [4.69, 9.17) is 14.2 Å². The number of nitrogens with one attached hydrogen (secondary N) is 1. The minimum absolute atomic E-state index is 0.474. The van der Waals surface area contributed by atoms with Crippen LogP contribution in [0.3, 0.4) is 0 Å². The van der Waals surface area contributed by atoms with Crippen LogP contribution >= 0.6 is 0 Å². The fraction of sp³-hybridized carbons (Fsp3) is 0.542. The average Bonchev–Trinajstić information content (AvgIpc) is 2.74. The zero-order valence-electron chi connectivity index (χ0n) is 18.1. The topological polar surface area (TPSA) is 56.8 Å². The van der Waals surface area contributed by atoms with Gasteiger partial charge in [-0.3, -0.25) is 0 Å². The lowest BCUT2D eigenvalue weighted by Crippen LogP contribution is -2.22. The third-order valence-electron chi connectivity index (χ3n) is 4.83. The normalized spacial score (nSPS) is 10.7. The summed E-state index contributed by atoms with van der Waals surface area (Å²) in [5.41, 5.74) is 0. The van der Waals surface area contributed by atoms with Gasteiger partial charge in [-0.25, -0.2) is 4.79 Å². The van der Waals surface area contributed by atoms with Crippen LogP contribution in [0.15, 0.2) is 30.3 Å². The average molecular weight is 402 g/mol. The fourth-order valence-corrected chi connectivity index (χ4v) is 3.20. The first-order valence-corrected chi connectivity index (χ1v) is 10.9. The monoisotopic (exact) mass is 401 g/mol. The van der Waals surface area contributed by atoms with E-state index in [1.165, 1.54) is 25.7 Å². The van der Waals surface area contributed by atoms with Gasteiger partial charge in [-0.1, -0.05) is 76.6 Å². The van der Waals surface area contributed by atoms with Gasteiger partial charge in [0.15, 0.2) is 11.5 Å². The van der Waals surface area contributed by atoms with Gasteiger partial charge in [-0.15, -0.1) is 0 Å². The number of carbonyl (C=O) groups is 1. The van der Waals surface area contributed by atoms with E-state index < -0.39 is 6.09 Å². The van der Waals surface area contributed by atoms with Crippen LogP contribution in [-0.2, 0) is 0 Å².